The molecule has 3 aromatic carbocycles. The zero-order chi connectivity index (χ0) is 19.7. The van der Waals surface area contributed by atoms with E-state index in [1.165, 1.54) is 12.1 Å². The number of nitrogens with zero attached hydrogens (tertiary/aromatic N) is 2. The summed E-state index contributed by atoms with van der Waals surface area (Å²) in [6.45, 7) is 0. The largest absolute Gasteiger partial charge is 0.318 e. The van der Waals surface area contributed by atoms with Crippen LogP contribution in [0.5, 0.6) is 0 Å². The average molecular weight is 377 g/mol. The van der Waals surface area contributed by atoms with Gasteiger partial charge in [-0.2, -0.15) is 9.78 Å². The van der Waals surface area contributed by atoms with E-state index in [-0.39, 0.29) is 16.8 Å². The van der Waals surface area contributed by atoms with Gasteiger partial charge >= 0.3 is 0 Å². The normalized spacial score (nSPS) is 10.8. The lowest BCUT2D eigenvalue weighted by Gasteiger charge is -2.12. The Morgan fingerprint density at radius 1 is 0.857 bits per heavy atom. The van der Waals surface area contributed by atoms with Crippen LogP contribution in [-0.2, 0) is 0 Å². The summed E-state index contributed by atoms with van der Waals surface area (Å²) in [5.74, 6) is -3.01. The van der Waals surface area contributed by atoms with Crippen molar-refractivity contribution in [3.05, 3.63) is 100 Å². The summed E-state index contributed by atoms with van der Waals surface area (Å²) in [7, 11) is 0. The van der Waals surface area contributed by atoms with Gasteiger partial charge in [-0.1, -0.05) is 42.5 Å². The van der Waals surface area contributed by atoms with Gasteiger partial charge in [-0.05, 0) is 30.3 Å². The Labute approximate surface area is 157 Å². The minimum absolute atomic E-state index is 0.0808. The molecule has 0 aliphatic heterocycles. The standard InChI is InChI=1S/C21H13F2N3O2/c22-16-11-6-12-17(18(16)23)24-20(27)19-14-9-4-5-10-15(14)21(28)26(25-19)13-7-2-1-3-8-13/h1-12H,(H,24,27). The third-order valence-corrected chi connectivity index (χ3v) is 4.22. The zero-order valence-corrected chi connectivity index (χ0v) is 14.4. The molecule has 0 atom stereocenters. The number of para-hydroxylation sites is 1. The maximum Gasteiger partial charge on any atom is 0.279 e. The number of rotatable bonds is 3. The van der Waals surface area contributed by atoms with E-state index in [1.54, 1.807) is 54.6 Å². The van der Waals surface area contributed by atoms with Gasteiger partial charge < -0.3 is 5.32 Å². The molecular formula is C21H13F2N3O2. The van der Waals surface area contributed by atoms with Crippen LogP contribution >= 0.6 is 0 Å². The number of benzene rings is 3. The molecule has 1 N–H and O–H groups in total. The van der Waals surface area contributed by atoms with E-state index in [2.05, 4.69) is 10.4 Å². The summed E-state index contributed by atoms with van der Waals surface area (Å²) in [6, 6.07) is 18.6. The van der Waals surface area contributed by atoms with Crippen LogP contribution in [0.15, 0.2) is 77.6 Å². The van der Waals surface area contributed by atoms with Crippen LogP contribution in [-0.4, -0.2) is 15.7 Å². The number of carbonyl (C=O) groups excluding carboxylic acids is 1. The zero-order valence-electron chi connectivity index (χ0n) is 14.4. The summed E-state index contributed by atoms with van der Waals surface area (Å²) in [4.78, 5) is 25.6. The van der Waals surface area contributed by atoms with Gasteiger partial charge in [0.1, 0.15) is 0 Å². The SMILES string of the molecule is O=C(Nc1cccc(F)c1F)c1nn(-c2ccccc2)c(=O)c2ccccc12. The third kappa shape index (κ3) is 3.03. The second-order valence-corrected chi connectivity index (χ2v) is 6.00. The van der Waals surface area contributed by atoms with Gasteiger partial charge in [-0.25, -0.2) is 8.78 Å². The van der Waals surface area contributed by atoms with Gasteiger partial charge in [0.15, 0.2) is 17.3 Å². The molecule has 1 aromatic heterocycles. The Balaban J connectivity index is 1.88. The van der Waals surface area contributed by atoms with E-state index in [9.17, 15) is 18.4 Å². The number of fused-ring (bicyclic) bond motifs is 1. The van der Waals surface area contributed by atoms with Crippen LogP contribution < -0.4 is 10.9 Å². The first kappa shape index (κ1) is 17.5. The fraction of sp³-hybridized carbons (Fsp3) is 0. The molecule has 0 aliphatic carbocycles. The van der Waals surface area contributed by atoms with Crippen molar-refractivity contribution in [2.75, 3.05) is 5.32 Å². The predicted octanol–water partition coefficient (Wildman–Crippen LogP) is 3.92. The van der Waals surface area contributed by atoms with Crippen LogP contribution in [0.1, 0.15) is 10.5 Å². The lowest BCUT2D eigenvalue weighted by Crippen LogP contribution is -2.26. The Kier molecular flexibility index (Phi) is 4.41. The van der Waals surface area contributed by atoms with E-state index >= 15 is 0 Å². The highest BCUT2D eigenvalue weighted by molar-refractivity contribution is 6.11. The average Bonchev–Trinajstić information content (AvgIpc) is 2.72. The molecule has 1 heterocycles. The molecule has 4 rings (SSSR count). The van der Waals surface area contributed by atoms with Crippen molar-refractivity contribution in [2.45, 2.75) is 0 Å². The number of carbonyl (C=O) groups is 1. The molecule has 1 amide bonds. The molecule has 4 aromatic rings. The molecule has 28 heavy (non-hydrogen) atoms. The first-order valence-corrected chi connectivity index (χ1v) is 8.39. The Morgan fingerprint density at radius 3 is 2.29 bits per heavy atom. The summed E-state index contributed by atoms with van der Waals surface area (Å²) in [5, 5.41) is 7.12. The van der Waals surface area contributed by atoms with Gasteiger partial charge in [0.05, 0.1) is 16.8 Å². The van der Waals surface area contributed by atoms with Crippen LogP contribution in [0.25, 0.3) is 16.5 Å². The van der Waals surface area contributed by atoms with Crippen molar-refractivity contribution in [3.63, 3.8) is 0 Å². The molecule has 5 nitrogen and oxygen atoms in total. The minimum Gasteiger partial charge on any atom is -0.318 e. The lowest BCUT2D eigenvalue weighted by molar-refractivity contribution is 0.102. The molecule has 0 aliphatic rings. The fourth-order valence-corrected chi connectivity index (χ4v) is 2.88. The van der Waals surface area contributed by atoms with Crippen molar-refractivity contribution >= 4 is 22.4 Å². The highest BCUT2D eigenvalue weighted by Gasteiger charge is 2.19. The Morgan fingerprint density at radius 2 is 1.54 bits per heavy atom. The van der Waals surface area contributed by atoms with E-state index in [0.29, 0.717) is 11.1 Å². The number of aromatic nitrogens is 2. The summed E-state index contributed by atoms with van der Waals surface area (Å²) < 4.78 is 28.5. The second kappa shape index (κ2) is 7.03. The van der Waals surface area contributed by atoms with Crippen LogP contribution in [0.4, 0.5) is 14.5 Å². The summed E-state index contributed by atoms with van der Waals surface area (Å²) in [5.41, 5.74) is -0.310. The number of amides is 1. The Hall–Kier alpha value is -3.87. The molecule has 0 spiro atoms. The highest BCUT2D eigenvalue weighted by atomic mass is 19.2. The maximum atomic E-state index is 13.9. The van der Waals surface area contributed by atoms with Crippen molar-refractivity contribution in [1.29, 1.82) is 0 Å². The molecule has 0 saturated carbocycles. The summed E-state index contributed by atoms with van der Waals surface area (Å²) in [6.07, 6.45) is 0. The monoisotopic (exact) mass is 377 g/mol. The first-order chi connectivity index (χ1) is 13.6. The second-order valence-electron chi connectivity index (χ2n) is 6.00. The van der Waals surface area contributed by atoms with Gasteiger partial charge in [0.2, 0.25) is 0 Å². The topological polar surface area (TPSA) is 64.0 Å². The van der Waals surface area contributed by atoms with E-state index in [1.807, 2.05) is 0 Å². The minimum atomic E-state index is -1.17. The molecule has 0 unspecified atom stereocenters. The lowest BCUT2D eigenvalue weighted by atomic mass is 10.1. The fourth-order valence-electron chi connectivity index (χ4n) is 2.88. The van der Waals surface area contributed by atoms with Gasteiger partial charge in [-0.15, -0.1) is 0 Å². The number of hydrogen-bond donors (Lipinski definition) is 1. The number of halogens is 2. The van der Waals surface area contributed by atoms with Gasteiger partial charge in [0.25, 0.3) is 11.5 Å². The number of nitrogens with one attached hydrogen (secondary N) is 1. The molecule has 138 valence electrons. The third-order valence-electron chi connectivity index (χ3n) is 4.22. The van der Waals surface area contributed by atoms with E-state index in [4.69, 9.17) is 0 Å². The van der Waals surface area contributed by atoms with Crippen molar-refractivity contribution < 1.29 is 13.6 Å². The van der Waals surface area contributed by atoms with E-state index in [0.717, 1.165) is 10.7 Å². The van der Waals surface area contributed by atoms with Crippen molar-refractivity contribution in [3.8, 4) is 5.69 Å². The van der Waals surface area contributed by atoms with Gasteiger partial charge in [0, 0.05) is 5.39 Å². The number of anilines is 1. The molecular weight excluding hydrogens is 364 g/mol. The quantitative estimate of drug-likeness (QED) is 0.589. The molecule has 0 bridgehead atoms. The molecule has 0 fully saturated rings. The Bertz CT molecular complexity index is 1250. The van der Waals surface area contributed by atoms with Gasteiger partial charge in [-0.3, -0.25) is 9.59 Å². The summed E-state index contributed by atoms with van der Waals surface area (Å²) >= 11 is 0. The van der Waals surface area contributed by atoms with E-state index < -0.39 is 23.1 Å². The molecule has 7 heteroatoms. The van der Waals surface area contributed by atoms with Crippen LogP contribution in [0.3, 0.4) is 0 Å². The first-order valence-electron chi connectivity index (χ1n) is 8.39. The van der Waals surface area contributed by atoms with Crippen molar-refractivity contribution in [1.82, 2.24) is 9.78 Å². The number of hydrogen-bond acceptors (Lipinski definition) is 3. The van der Waals surface area contributed by atoms with Crippen molar-refractivity contribution in [2.24, 2.45) is 0 Å². The predicted molar refractivity (Wildman–Crippen MR) is 102 cm³/mol. The highest BCUT2D eigenvalue weighted by Crippen LogP contribution is 2.20. The maximum absolute atomic E-state index is 13.9. The van der Waals surface area contributed by atoms with Crippen LogP contribution in [0.2, 0.25) is 0 Å². The van der Waals surface area contributed by atoms with Crippen LogP contribution in [0, 0.1) is 11.6 Å². The molecule has 0 radical (unpaired) electrons. The smallest absolute Gasteiger partial charge is 0.279 e. The molecule has 0 saturated heterocycles.